The molecule has 69 heavy (non-hydrogen) atoms. The third-order valence-electron chi connectivity index (χ3n) is 12.8. The predicted octanol–water partition coefficient (Wildman–Crippen LogP) is 16.7. The molecule has 1 aliphatic rings. The van der Waals surface area contributed by atoms with Crippen LogP contribution in [0, 0.1) is 6.67 Å². The van der Waals surface area contributed by atoms with Crippen LogP contribution >= 0.6 is 0 Å². The number of anilines is 2. The molecule has 2 heterocycles. The summed E-state index contributed by atoms with van der Waals surface area (Å²) < 4.78 is 0. The fraction of sp³-hybridized carbons (Fsp3) is 0.125. The molecule has 1 radical (unpaired) electrons. The molecule has 0 aliphatic carbocycles. The van der Waals surface area contributed by atoms with Gasteiger partial charge in [0.2, 0.25) is 0 Å². The van der Waals surface area contributed by atoms with Crippen molar-refractivity contribution in [1.82, 2.24) is 4.98 Å². The molecule has 0 saturated heterocycles. The van der Waals surface area contributed by atoms with Gasteiger partial charge in [0.15, 0.2) is 0 Å². The number of nitrogens with zero attached hydrogens (tertiary/aromatic N) is 4. The minimum Gasteiger partial charge on any atom is -0.657 e. The Morgan fingerprint density at radius 2 is 0.783 bits per heavy atom. The summed E-state index contributed by atoms with van der Waals surface area (Å²) in [5, 5.41) is 9.97. The van der Waals surface area contributed by atoms with Crippen LogP contribution in [-0.4, -0.2) is 5.84 Å². The summed E-state index contributed by atoms with van der Waals surface area (Å²) in [7, 11) is 0. The molecule has 0 spiro atoms. The standard InChI is InChI=1S/C44H32N3.C20H24N.Au/c1-6-17-33(18-7-1)38-29-39(34-19-8-2-9-20-34)31-40(30-38)46-32-47(45-44(46)37-25-14-5-15-26-37)43-41(35-21-10-3-11-22-35)27-16-28-42(43)36-23-12-4-13-24-36;1-19(2,3)13-7-9-15-16-10-8-14(20(4,5)6)12-18(16)21-17(15)11-13;/h1-32H;7-12H,1-6H3;/q2*-1;. The molecule has 0 amide bonds. The van der Waals surface area contributed by atoms with Crippen LogP contribution in [0.4, 0.5) is 11.4 Å². The summed E-state index contributed by atoms with van der Waals surface area (Å²) in [6, 6.07) is 79.5. The molecule has 5 heteroatoms. The van der Waals surface area contributed by atoms with E-state index in [1.807, 2.05) is 6.07 Å². The van der Waals surface area contributed by atoms with E-state index in [4.69, 9.17) is 10.1 Å². The fourth-order valence-corrected chi connectivity index (χ4v) is 9.02. The van der Waals surface area contributed by atoms with Crippen LogP contribution in [0.2, 0.25) is 0 Å². The second-order valence-corrected chi connectivity index (χ2v) is 19.6. The van der Waals surface area contributed by atoms with Gasteiger partial charge in [-0.15, -0.1) is 17.7 Å². The van der Waals surface area contributed by atoms with Crippen LogP contribution in [0.25, 0.3) is 66.3 Å². The Morgan fingerprint density at radius 1 is 0.391 bits per heavy atom. The number of para-hydroxylation sites is 1. The Bertz CT molecular complexity index is 3180. The molecule has 0 saturated carbocycles. The number of amidine groups is 1. The van der Waals surface area contributed by atoms with Crippen LogP contribution in [0.15, 0.2) is 230 Å². The summed E-state index contributed by atoms with van der Waals surface area (Å²) in [6.07, 6.45) is 0. The van der Waals surface area contributed by atoms with Crippen molar-refractivity contribution >= 4 is 39.0 Å². The van der Waals surface area contributed by atoms with Crippen molar-refractivity contribution in [2.24, 2.45) is 5.10 Å². The number of hydrazone groups is 1. The number of hydrogen-bond donors (Lipinski definition) is 0. The first-order chi connectivity index (χ1) is 33.0. The van der Waals surface area contributed by atoms with Gasteiger partial charge in [-0.25, -0.2) is 0 Å². The molecular formula is C64H56AuN4-2. The fourth-order valence-electron chi connectivity index (χ4n) is 9.02. The zero-order chi connectivity index (χ0) is 46.8. The largest absolute Gasteiger partial charge is 0.657 e. The number of aromatic nitrogens is 1. The van der Waals surface area contributed by atoms with Crippen molar-refractivity contribution in [2.75, 3.05) is 9.91 Å². The average Bonchev–Trinajstić information content (AvgIpc) is 3.99. The third-order valence-corrected chi connectivity index (χ3v) is 12.8. The minimum atomic E-state index is 0. The molecule has 9 aromatic carbocycles. The van der Waals surface area contributed by atoms with Gasteiger partial charge in [-0.05, 0) is 84.3 Å². The molecule has 0 atom stereocenters. The predicted molar refractivity (Wildman–Crippen MR) is 289 cm³/mol. The smallest absolute Gasteiger partial charge is 0.129 e. The Labute approximate surface area is 423 Å². The van der Waals surface area contributed by atoms with Gasteiger partial charge in [-0.3, -0.25) is 0 Å². The quantitative estimate of drug-likeness (QED) is 0.118. The summed E-state index contributed by atoms with van der Waals surface area (Å²) in [4.78, 5) is 7.09. The van der Waals surface area contributed by atoms with Crippen molar-refractivity contribution in [3.8, 4) is 44.5 Å². The molecule has 0 N–H and O–H groups in total. The van der Waals surface area contributed by atoms with Crippen molar-refractivity contribution in [2.45, 2.75) is 52.4 Å². The first-order valence-corrected chi connectivity index (χ1v) is 23.6. The van der Waals surface area contributed by atoms with E-state index >= 15 is 0 Å². The van der Waals surface area contributed by atoms with Crippen LogP contribution < -0.4 is 14.9 Å². The van der Waals surface area contributed by atoms with Crippen LogP contribution in [0.3, 0.4) is 0 Å². The second-order valence-electron chi connectivity index (χ2n) is 19.6. The maximum atomic E-state index is 5.38. The molecule has 11 rings (SSSR count). The van der Waals surface area contributed by atoms with E-state index in [0.717, 1.165) is 67.2 Å². The Hall–Kier alpha value is -7.21. The number of benzene rings is 9. The summed E-state index contributed by atoms with van der Waals surface area (Å²) in [5.41, 5.74) is 17.5. The molecule has 0 bridgehead atoms. The molecule has 4 nitrogen and oxygen atoms in total. The Morgan fingerprint density at radius 3 is 1.19 bits per heavy atom. The van der Waals surface area contributed by atoms with E-state index in [-0.39, 0.29) is 33.2 Å². The zero-order valence-electron chi connectivity index (χ0n) is 40.0. The minimum absolute atomic E-state index is 0. The van der Waals surface area contributed by atoms with Crippen molar-refractivity contribution < 1.29 is 22.4 Å². The maximum absolute atomic E-state index is 5.38. The summed E-state index contributed by atoms with van der Waals surface area (Å²) >= 11 is 0. The number of fused-ring (bicyclic) bond motifs is 3. The molecular weight excluding hydrogens is 1020 g/mol. The van der Waals surface area contributed by atoms with Gasteiger partial charge in [-0.1, -0.05) is 248 Å². The van der Waals surface area contributed by atoms with E-state index in [0.29, 0.717) is 0 Å². The SMILES string of the molecule is CC(C)(C)c1ccc2c(c1)[n-]c1cc(C(C)(C)C)ccc12.[Au].c1ccc(C2=NN(c3c(-c4ccccc4)cccc3-c3ccccc3)[CH-]N2c2cc(-c3ccccc3)cc(-c3ccccc3)c2)cc1. The normalized spacial score (nSPS) is 12.6. The van der Waals surface area contributed by atoms with Crippen LogP contribution in [0.1, 0.15) is 58.2 Å². The molecule has 0 unspecified atom stereocenters. The Kier molecular flexibility index (Phi) is 13.4. The first kappa shape index (κ1) is 46.9. The molecule has 1 aromatic heterocycles. The summed E-state index contributed by atoms with van der Waals surface area (Å²) in [6.45, 7) is 15.6. The van der Waals surface area contributed by atoms with Gasteiger partial charge in [0.1, 0.15) is 5.84 Å². The van der Waals surface area contributed by atoms with E-state index in [1.54, 1.807) is 0 Å². The van der Waals surface area contributed by atoms with Gasteiger partial charge < -0.3 is 14.9 Å². The van der Waals surface area contributed by atoms with E-state index in [9.17, 15) is 0 Å². The second kappa shape index (κ2) is 19.8. The third kappa shape index (κ3) is 10.0. The van der Waals surface area contributed by atoms with Crippen molar-refractivity contribution in [3.63, 3.8) is 0 Å². The summed E-state index contributed by atoms with van der Waals surface area (Å²) in [5.74, 6) is 0.858. The van der Waals surface area contributed by atoms with Gasteiger partial charge in [-0.2, -0.15) is 5.10 Å². The molecule has 1 aliphatic heterocycles. The van der Waals surface area contributed by atoms with Gasteiger partial charge in [0.25, 0.3) is 0 Å². The van der Waals surface area contributed by atoms with E-state index < -0.39 is 0 Å². The monoisotopic (exact) mass is 1080 g/mol. The first-order valence-electron chi connectivity index (χ1n) is 23.6. The Balaban J connectivity index is 0.000000226. The van der Waals surface area contributed by atoms with Gasteiger partial charge in [0, 0.05) is 50.4 Å². The zero-order valence-corrected chi connectivity index (χ0v) is 42.2. The molecule has 0 fully saturated rings. The van der Waals surface area contributed by atoms with Crippen LogP contribution in [0.5, 0.6) is 0 Å². The average molecular weight is 1080 g/mol. The van der Waals surface area contributed by atoms with Crippen molar-refractivity contribution in [3.05, 3.63) is 248 Å². The molecule has 345 valence electrons. The van der Waals surface area contributed by atoms with Crippen molar-refractivity contribution in [1.29, 1.82) is 0 Å². The molecule has 10 aromatic rings. The van der Waals surface area contributed by atoms with Crippen LogP contribution in [-0.2, 0) is 33.2 Å². The number of hydrogen-bond acceptors (Lipinski definition) is 3. The van der Waals surface area contributed by atoms with Gasteiger partial charge in [0.05, 0.1) is 0 Å². The number of rotatable bonds is 7. The van der Waals surface area contributed by atoms with E-state index in [1.165, 1.54) is 33.0 Å². The maximum Gasteiger partial charge on any atom is 0.129 e. The van der Waals surface area contributed by atoms with E-state index in [2.05, 4.69) is 277 Å². The van der Waals surface area contributed by atoms with Gasteiger partial charge >= 0.3 is 0 Å². The topological polar surface area (TPSA) is 32.9 Å².